The predicted octanol–water partition coefficient (Wildman–Crippen LogP) is 2.80. The van der Waals surface area contributed by atoms with Crippen LogP contribution >= 0.6 is 0 Å². The maximum Gasteiger partial charge on any atom is 0.252 e. The van der Waals surface area contributed by atoms with E-state index in [1.54, 1.807) is 12.4 Å². The number of amides is 1. The number of hydrogen-bond acceptors (Lipinski definition) is 5. The molecular weight excluding hydrogens is 316 g/mol. The molecule has 0 radical (unpaired) electrons. The summed E-state index contributed by atoms with van der Waals surface area (Å²) in [6, 6.07) is 9.99. The van der Waals surface area contributed by atoms with Crippen LogP contribution < -0.4 is 15.5 Å². The number of pyridine rings is 1. The monoisotopic (exact) mass is 340 g/mol. The number of nitrogens with one attached hydrogen (secondary N) is 2. The summed E-state index contributed by atoms with van der Waals surface area (Å²) < 4.78 is 5.44. The SMILES string of the molecule is CCCNC(=O)c1cncc(Nc2ccccc2N2CCOCC2)c1. The Labute approximate surface area is 148 Å². The van der Waals surface area contributed by atoms with Gasteiger partial charge in [0.1, 0.15) is 0 Å². The number of carbonyl (C=O) groups excluding carboxylic acids is 1. The van der Waals surface area contributed by atoms with Crippen molar-refractivity contribution in [1.82, 2.24) is 10.3 Å². The molecule has 1 aliphatic heterocycles. The zero-order valence-corrected chi connectivity index (χ0v) is 14.5. The Kier molecular flexibility index (Phi) is 5.85. The van der Waals surface area contributed by atoms with Crippen LogP contribution in [-0.2, 0) is 4.74 Å². The quantitative estimate of drug-likeness (QED) is 0.846. The molecule has 0 atom stereocenters. The lowest BCUT2D eigenvalue weighted by atomic mass is 10.2. The minimum Gasteiger partial charge on any atom is -0.378 e. The first-order chi connectivity index (χ1) is 12.3. The minimum atomic E-state index is -0.0977. The van der Waals surface area contributed by atoms with Crippen LogP contribution in [-0.4, -0.2) is 43.7 Å². The normalized spacial score (nSPS) is 14.2. The first-order valence-corrected chi connectivity index (χ1v) is 8.70. The van der Waals surface area contributed by atoms with Gasteiger partial charge in [0.2, 0.25) is 0 Å². The summed E-state index contributed by atoms with van der Waals surface area (Å²) in [6.07, 6.45) is 4.22. The molecule has 25 heavy (non-hydrogen) atoms. The van der Waals surface area contributed by atoms with Crippen molar-refractivity contribution >= 4 is 23.0 Å². The lowest BCUT2D eigenvalue weighted by molar-refractivity contribution is 0.0953. The van der Waals surface area contributed by atoms with Gasteiger partial charge in [0, 0.05) is 25.8 Å². The number of nitrogens with zero attached hydrogens (tertiary/aromatic N) is 2. The Hall–Kier alpha value is -2.60. The Bertz CT molecular complexity index is 714. The van der Waals surface area contributed by atoms with Crippen LogP contribution in [0.2, 0.25) is 0 Å². The summed E-state index contributed by atoms with van der Waals surface area (Å²) in [4.78, 5) is 18.6. The number of anilines is 3. The van der Waals surface area contributed by atoms with Crippen LogP contribution in [0.4, 0.5) is 17.1 Å². The van der Waals surface area contributed by atoms with Crippen molar-refractivity contribution in [2.75, 3.05) is 43.1 Å². The van der Waals surface area contributed by atoms with E-state index in [0.29, 0.717) is 12.1 Å². The summed E-state index contributed by atoms with van der Waals surface area (Å²) in [7, 11) is 0. The van der Waals surface area contributed by atoms with Gasteiger partial charge in [-0.15, -0.1) is 0 Å². The van der Waals surface area contributed by atoms with Crippen molar-refractivity contribution in [2.45, 2.75) is 13.3 Å². The molecule has 0 spiro atoms. The van der Waals surface area contributed by atoms with Crippen LogP contribution in [0, 0.1) is 0 Å². The molecular formula is C19H24N4O2. The number of aromatic nitrogens is 1. The number of rotatable bonds is 6. The Morgan fingerprint density at radius 2 is 2.04 bits per heavy atom. The molecule has 132 valence electrons. The van der Waals surface area contributed by atoms with E-state index in [1.807, 2.05) is 31.2 Å². The fourth-order valence-corrected chi connectivity index (χ4v) is 2.79. The van der Waals surface area contributed by atoms with E-state index in [4.69, 9.17) is 4.74 Å². The van der Waals surface area contributed by atoms with Crippen molar-refractivity contribution in [3.63, 3.8) is 0 Å². The van der Waals surface area contributed by atoms with Crippen LogP contribution in [0.3, 0.4) is 0 Å². The van der Waals surface area contributed by atoms with Crippen molar-refractivity contribution in [1.29, 1.82) is 0 Å². The predicted molar refractivity (Wildman–Crippen MR) is 99.6 cm³/mol. The van der Waals surface area contributed by atoms with Gasteiger partial charge < -0.3 is 20.3 Å². The van der Waals surface area contributed by atoms with Gasteiger partial charge in [-0.05, 0) is 24.6 Å². The third kappa shape index (κ3) is 4.48. The van der Waals surface area contributed by atoms with E-state index < -0.39 is 0 Å². The fourth-order valence-electron chi connectivity index (χ4n) is 2.79. The van der Waals surface area contributed by atoms with Gasteiger partial charge in [-0.2, -0.15) is 0 Å². The van der Waals surface area contributed by atoms with Gasteiger partial charge in [0.15, 0.2) is 0 Å². The maximum atomic E-state index is 12.1. The van der Waals surface area contributed by atoms with Gasteiger partial charge in [0.05, 0.1) is 42.0 Å². The molecule has 0 unspecified atom stereocenters. The lowest BCUT2D eigenvalue weighted by Crippen LogP contribution is -2.36. The first-order valence-electron chi connectivity index (χ1n) is 8.70. The molecule has 0 bridgehead atoms. The molecule has 0 saturated carbocycles. The molecule has 1 aromatic heterocycles. The molecule has 1 fully saturated rings. The number of hydrogen-bond donors (Lipinski definition) is 2. The molecule has 2 aromatic rings. The number of carbonyl (C=O) groups is 1. The third-order valence-electron chi connectivity index (χ3n) is 4.07. The Morgan fingerprint density at radius 1 is 1.24 bits per heavy atom. The Morgan fingerprint density at radius 3 is 2.84 bits per heavy atom. The van der Waals surface area contributed by atoms with E-state index in [2.05, 4.69) is 26.6 Å². The van der Waals surface area contributed by atoms with E-state index in [1.165, 1.54) is 0 Å². The maximum absolute atomic E-state index is 12.1. The highest BCUT2D eigenvalue weighted by atomic mass is 16.5. The topological polar surface area (TPSA) is 66.5 Å². The summed E-state index contributed by atoms with van der Waals surface area (Å²) in [5.41, 5.74) is 3.48. The molecule has 1 aromatic carbocycles. The molecule has 1 saturated heterocycles. The van der Waals surface area contributed by atoms with Crippen LogP contribution in [0.5, 0.6) is 0 Å². The molecule has 6 nitrogen and oxygen atoms in total. The standard InChI is InChI=1S/C19H24N4O2/c1-2-7-21-19(24)15-12-16(14-20-13-15)22-17-5-3-4-6-18(17)23-8-10-25-11-9-23/h3-6,12-14,22H,2,7-11H2,1H3,(H,21,24). The summed E-state index contributed by atoms with van der Waals surface area (Å²) in [5, 5.41) is 6.27. The zero-order valence-electron chi connectivity index (χ0n) is 14.5. The number of para-hydroxylation sites is 2. The zero-order chi connectivity index (χ0) is 17.5. The Balaban J connectivity index is 1.77. The van der Waals surface area contributed by atoms with Gasteiger partial charge in [0.25, 0.3) is 5.91 Å². The largest absolute Gasteiger partial charge is 0.378 e. The third-order valence-corrected chi connectivity index (χ3v) is 4.07. The van der Waals surface area contributed by atoms with Gasteiger partial charge in [-0.1, -0.05) is 19.1 Å². The minimum absolute atomic E-state index is 0.0977. The fraction of sp³-hybridized carbons (Fsp3) is 0.368. The highest BCUT2D eigenvalue weighted by Crippen LogP contribution is 2.29. The second-order valence-electron chi connectivity index (χ2n) is 5.96. The summed E-state index contributed by atoms with van der Waals surface area (Å²) in [5.74, 6) is -0.0977. The van der Waals surface area contributed by atoms with E-state index in [9.17, 15) is 4.79 Å². The van der Waals surface area contributed by atoms with E-state index >= 15 is 0 Å². The highest BCUT2D eigenvalue weighted by Gasteiger charge is 2.15. The molecule has 2 N–H and O–H groups in total. The average molecular weight is 340 g/mol. The van der Waals surface area contributed by atoms with Crippen molar-refractivity contribution in [2.24, 2.45) is 0 Å². The van der Waals surface area contributed by atoms with Crippen LogP contribution in [0.1, 0.15) is 23.7 Å². The molecule has 1 amide bonds. The van der Waals surface area contributed by atoms with E-state index in [-0.39, 0.29) is 5.91 Å². The van der Waals surface area contributed by atoms with Crippen LogP contribution in [0.15, 0.2) is 42.7 Å². The molecule has 0 aliphatic carbocycles. The van der Waals surface area contributed by atoms with Crippen molar-refractivity contribution in [3.8, 4) is 0 Å². The van der Waals surface area contributed by atoms with Crippen molar-refractivity contribution in [3.05, 3.63) is 48.3 Å². The average Bonchev–Trinajstić information content (AvgIpc) is 2.67. The van der Waals surface area contributed by atoms with Gasteiger partial charge >= 0.3 is 0 Å². The molecule has 6 heteroatoms. The van der Waals surface area contributed by atoms with Gasteiger partial charge in [-0.3, -0.25) is 9.78 Å². The molecule has 2 heterocycles. The number of benzene rings is 1. The molecule has 3 rings (SSSR count). The van der Waals surface area contributed by atoms with E-state index in [0.717, 1.165) is 49.8 Å². The number of ether oxygens (including phenoxy) is 1. The number of morpholine rings is 1. The molecule has 1 aliphatic rings. The second-order valence-corrected chi connectivity index (χ2v) is 5.96. The van der Waals surface area contributed by atoms with Gasteiger partial charge in [-0.25, -0.2) is 0 Å². The first kappa shape index (κ1) is 17.2. The lowest BCUT2D eigenvalue weighted by Gasteiger charge is -2.30. The van der Waals surface area contributed by atoms with Crippen LogP contribution in [0.25, 0.3) is 0 Å². The van der Waals surface area contributed by atoms with Crippen molar-refractivity contribution < 1.29 is 9.53 Å². The smallest absolute Gasteiger partial charge is 0.252 e. The second kappa shape index (κ2) is 8.48. The summed E-state index contributed by atoms with van der Waals surface area (Å²) in [6.45, 7) is 5.91. The highest BCUT2D eigenvalue weighted by molar-refractivity contribution is 5.95. The summed E-state index contributed by atoms with van der Waals surface area (Å²) >= 11 is 0.